The largest absolute Gasteiger partial charge is 0.481 e. The van der Waals surface area contributed by atoms with Crippen molar-refractivity contribution in [3.05, 3.63) is 0 Å². The summed E-state index contributed by atoms with van der Waals surface area (Å²) in [5.41, 5.74) is 2.36. The van der Waals surface area contributed by atoms with Crippen molar-refractivity contribution >= 4 is 29.5 Å². The van der Waals surface area contributed by atoms with Gasteiger partial charge in [0.25, 0.3) is 5.91 Å². The molecule has 0 spiro atoms. The monoisotopic (exact) mass is 297 g/mol. The number of piperidine rings is 1. The van der Waals surface area contributed by atoms with Crippen molar-refractivity contribution in [1.29, 1.82) is 0 Å². The molecule has 0 radical (unpaired) electrons. The zero-order valence-electron chi connectivity index (χ0n) is 11.1. The molecule has 9 heteroatoms. The zero-order valence-corrected chi connectivity index (χ0v) is 11.1. The van der Waals surface area contributed by atoms with Gasteiger partial charge in [-0.2, -0.15) is 5.10 Å². The predicted molar refractivity (Wildman–Crippen MR) is 68.3 cm³/mol. The van der Waals surface area contributed by atoms with Crippen LogP contribution in [0, 0.1) is 11.8 Å². The third-order valence-electron chi connectivity index (χ3n) is 3.69. The molecule has 2 atom stereocenters. The van der Waals surface area contributed by atoms with Gasteiger partial charge in [-0.15, -0.1) is 0 Å². The van der Waals surface area contributed by atoms with Crippen LogP contribution in [0.25, 0.3) is 0 Å². The maximum atomic E-state index is 12.2. The minimum Gasteiger partial charge on any atom is -0.481 e. The van der Waals surface area contributed by atoms with Crippen molar-refractivity contribution in [2.75, 3.05) is 13.1 Å². The molecule has 114 valence electrons. The van der Waals surface area contributed by atoms with E-state index in [1.165, 1.54) is 4.90 Å². The van der Waals surface area contributed by atoms with E-state index >= 15 is 0 Å². The lowest BCUT2D eigenvalue weighted by atomic mass is 9.85. The number of carbonyl (C=O) groups is 4. The molecule has 21 heavy (non-hydrogen) atoms. The first-order chi connectivity index (χ1) is 9.90. The number of hydrazone groups is 1. The van der Waals surface area contributed by atoms with Crippen LogP contribution in [0.2, 0.25) is 0 Å². The SMILES string of the molecule is O=C1CCC(C(=O)N2CCC(C(=O)O)C(C(=O)O)C2)=NN1. The topological polar surface area (TPSA) is 136 Å². The van der Waals surface area contributed by atoms with E-state index in [0.29, 0.717) is 0 Å². The molecule has 1 fully saturated rings. The average molecular weight is 297 g/mol. The number of likely N-dealkylation sites (tertiary alicyclic amines) is 1. The van der Waals surface area contributed by atoms with E-state index in [1.54, 1.807) is 0 Å². The molecule has 0 bridgehead atoms. The van der Waals surface area contributed by atoms with Crippen molar-refractivity contribution in [3.63, 3.8) is 0 Å². The number of carbonyl (C=O) groups excluding carboxylic acids is 2. The Morgan fingerprint density at radius 3 is 2.33 bits per heavy atom. The smallest absolute Gasteiger partial charge is 0.309 e. The van der Waals surface area contributed by atoms with Gasteiger partial charge < -0.3 is 15.1 Å². The molecule has 0 aromatic heterocycles. The number of aliphatic carboxylic acids is 2. The quantitative estimate of drug-likeness (QED) is 0.604. The minimum absolute atomic E-state index is 0.0810. The van der Waals surface area contributed by atoms with Gasteiger partial charge >= 0.3 is 11.9 Å². The van der Waals surface area contributed by atoms with Crippen molar-refractivity contribution in [2.45, 2.75) is 19.3 Å². The lowest BCUT2D eigenvalue weighted by Gasteiger charge is -2.34. The molecule has 0 aromatic rings. The Balaban J connectivity index is 2.08. The molecule has 3 N–H and O–H groups in total. The van der Waals surface area contributed by atoms with Gasteiger partial charge in [0.2, 0.25) is 5.91 Å². The van der Waals surface area contributed by atoms with Crippen LogP contribution < -0.4 is 5.43 Å². The van der Waals surface area contributed by atoms with Gasteiger partial charge in [0.15, 0.2) is 0 Å². The van der Waals surface area contributed by atoms with Gasteiger partial charge in [-0.1, -0.05) is 0 Å². The Kier molecular flexibility index (Phi) is 4.20. The number of carboxylic acid groups (broad SMARTS) is 2. The Morgan fingerprint density at radius 1 is 1.14 bits per heavy atom. The first kappa shape index (κ1) is 14.9. The predicted octanol–water partition coefficient (Wildman–Crippen LogP) is -1.11. The lowest BCUT2D eigenvalue weighted by Crippen LogP contribution is -2.51. The highest BCUT2D eigenvalue weighted by Gasteiger charge is 2.40. The summed E-state index contributed by atoms with van der Waals surface area (Å²) in [6, 6.07) is 0. The van der Waals surface area contributed by atoms with Crippen molar-refractivity contribution in [3.8, 4) is 0 Å². The number of amides is 2. The molecule has 1 saturated heterocycles. The molecule has 2 heterocycles. The van der Waals surface area contributed by atoms with Crippen LogP contribution in [-0.2, 0) is 19.2 Å². The molecular weight excluding hydrogens is 282 g/mol. The first-order valence-electron chi connectivity index (χ1n) is 6.50. The lowest BCUT2D eigenvalue weighted by molar-refractivity contribution is -0.158. The molecule has 2 rings (SSSR count). The highest BCUT2D eigenvalue weighted by molar-refractivity contribution is 6.39. The number of hydrogen-bond acceptors (Lipinski definition) is 5. The fourth-order valence-electron chi connectivity index (χ4n) is 2.49. The molecular formula is C12H15N3O6. The van der Waals surface area contributed by atoms with Crippen LogP contribution in [0.15, 0.2) is 5.10 Å². The summed E-state index contributed by atoms with van der Waals surface area (Å²) in [6.45, 7) is -0.00928. The zero-order chi connectivity index (χ0) is 15.6. The van der Waals surface area contributed by atoms with Gasteiger partial charge in [-0.25, -0.2) is 5.43 Å². The maximum Gasteiger partial charge on any atom is 0.309 e. The summed E-state index contributed by atoms with van der Waals surface area (Å²) in [5, 5.41) is 21.8. The van der Waals surface area contributed by atoms with E-state index in [-0.39, 0.29) is 44.0 Å². The number of hydrogen-bond donors (Lipinski definition) is 3. The summed E-state index contributed by atoms with van der Waals surface area (Å²) >= 11 is 0. The molecule has 2 aliphatic heterocycles. The number of carboxylic acids is 2. The van der Waals surface area contributed by atoms with Gasteiger partial charge in [-0.05, 0) is 6.42 Å². The Morgan fingerprint density at radius 2 is 1.81 bits per heavy atom. The molecule has 2 amide bonds. The standard InChI is InChI=1S/C12H15N3O6/c16-9-2-1-8(13-14-9)10(17)15-4-3-6(11(18)19)7(5-15)12(20)21/h6-7H,1-5H2,(H,14,16)(H,18,19)(H,20,21). The van der Waals surface area contributed by atoms with Crippen LogP contribution in [0.4, 0.5) is 0 Å². The normalized spacial score (nSPS) is 25.8. The van der Waals surface area contributed by atoms with Crippen molar-refractivity contribution in [2.24, 2.45) is 16.9 Å². The summed E-state index contributed by atoms with van der Waals surface area (Å²) in [5.74, 6) is -5.28. The Bertz CT molecular complexity index is 529. The number of rotatable bonds is 3. The van der Waals surface area contributed by atoms with E-state index in [0.717, 1.165) is 0 Å². The van der Waals surface area contributed by atoms with Gasteiger partial charge in [0.1, 0.15) is 5.71 Å². The van der Waals surface area contributed by atoms with Crippen LogP contribution in [0.1, 0.15) is 19.3 Å². The van der Waals surface area contributed by atoms with Gasteiger partial charge in [0, 0.05) is 25.9 Å². The second kappa shape index (κ2) is 5.90. The molecule has 2 aliphatic rings. The van der Waals surface area contributed by atoms with E-state index < -0.39 is 29.7 Å². The van der Waals surface area contributed by atoms with Crippen LogP contribution >= 0.6 is 0 Å². The highest BCUT2D eigenvalue weighted by Crippen LogP contribution is 2.25. The average Bonchev–Trinajstić information content (AvgIpc) is 2.46. The maximum absolute atomic E-state index is 12.2. The Hall–Kier alpha value is -2.45. The summed E-state index contributed by atoms with van der Waals surface area (Å²) in [6.07, 6.45) is 0.428. The molecule has 2 unspecified atom stereocenters. The Labute approximate surface area is 119 Å². The second-order valence-electron chi connectivity index (χ2n) is 5.02. The molecule has 0 aromatic carbocycles. The fourth-order valence-corrected chi connectivity index (χ4v) is 2.49. The third kappa shape index (κ3) is 3.18. The molecule has 9 nitrogen and oxygen atoms in total. The second-order valence-corrected chi connectivity index (χ2v) is 5.02. The third-order valence-corrected chi connectivity index (χ3v) is 3.69. The number of nitrogens with zero attached hydrogens (tertiary/aromatic N) is 2. The van der Waals surface area contributed by atoms with E-state index in [9.17, 15) is 19.2 Å². The molecule has 0 aliphatic carbocycles. The molecule has 0 saturated carbocycles. The van der Waals surface area contributed by atoms with E-state index in [1.807, 2.05) is 0 Å². The van der Waals surface area contributed by atoms with E-state index in [2.05, 4.69) is 10.5 Å². The summed E-state index contributed by atoms with van der Waals surface area (Å²) < 4.78 is 0. The highest BCUT2D eigenvalue weighted by atomic mass is 16.4. The first-order valence-corrected chi connectivity index (χ1v) is 6.50. The van der Waals surface area contributed by atoms with Crippen LogP contribution in [0.5, 0.6) is 0 Å². The summed E-state index contributed by atoms with van der Waals surface area (Å²) in [4.78, 5) is 46.7. The van der Waals surface area contributed by atoms with Crippen molar-refractivity contribution < 1.29 is 29.4 Å². The minimum atomic E-state index is -1.24. The fraction of sp³-hybridized carbons (Fsp3) is 0.583. The summed E-state index contributed by atoms with van der Waals surface area (Å²) in [7, 11) is 0. The van der Waals surface area contributed by atoms with Gasteiger partial charge in [0.05, 0.1) is 11.8 Å². The number of nitrogens with one attached hydrogen (secondary N) is 1. The van der Waals surface area contributed by atoms with Crippen LogP contribution in [-0.4, -0.2) is 57.7 Å². The van der Waals surface area contributed by atoms with E-state index in [4.69, 9.17) is 10.2 Å². The van der Waals surface area contributed by atoms with Gasteiger partial charge in [-0.3, -0.25) is 19.2 Å². The van der Waals surface area contributed by atoms with Crippen LogP contribution in [0.3, 0.4) is 0 Å². The van der Waals surface area contributed by atoms with Crippen molar-refractivity contribution in [1.82, 2.24) is 10.3 Å².